The van der Waals surface area contributed by atoms with E-state index in [4.69, 9.17) is 4.74 Å². The summed E-state index contributed by atoms with van der Waals surface area (Å²) in [6.07, 6.45) is 2.46. The normalized spacial score (nSPS) is 17.9. The van der Waals surface area contributed by atoms with E-state index >= 15 is 0 Å². The Morgan fingerprint density at radius 1 is 1.43 bits per heavy atom. The van der Waals surface area contributed by atoms with Crippen LogP contribution in [0.1, 0.15) is 17.8 Å². The predicted molar refractivity (Wildman–Crippen MR) is 79.9 cm³/mol. The van der Waals surface area contributed by atoms with Crippen LogP contribution in [-0.2, 0) is 16.1 Å². The molecule has 1 aliphatic heterocycles. The van der Waals surface area contributed by atoms with E-state index in [0.29, 0.717) is 19.8 Å². The van der Waals surface area contributed by atoms with Crippen LogP contribution in [-0.4, -0.2) is 29.1 Å². The molecule has 0 radical (unpaired) electrons. The number of amides is 1. The number of H-pyrrole nitrogens is 1. The number of benzene rings is 1. The number of ether oxygens (including phenoxy) is 1. The van der Waals surface area contributed by atoms with Crippen molar-refractivity contribution in [2.45, 2.75) is 19.9 Å². The zero-order chi connectivity index (χ0) is 14.7. The van der Waals surface area contributed by atoms with Crippen LogP contribution in [0.5, 0.6) is 0 Å². The highest BCUT2D eigenvalue weighted by atomic mass is 16.5. The molecule has 1 aliphatic rings. The first kappa shape index (κ1) is 13.8. The second-order valence-corrected chi connectivity index (χ2v) is 5.29. The average molecular weight is 285 g/mol. The number of hydrogen-bond donors (Lipinski definition) is 1. The van der Waals surface area contributed by atoms with Gasteiger partial charge < -0.3 is 14.6 Å². The number of carbonyl (C=O) groups is 1. The lowest BCUT2D eigenvalue weighted by atomic mass is 10.1. The van der Waals surface area contributed by atoms with Crippen molar-refractivity contribution >= 4 is 11.6 Å². The lowest BCUT2D eigenvalue weighted by Crippen LogP contribution is -2.36. The molecule has 1 amide bonds. The fourth-order valence-corrected chi connectivity index (χ4v) is 2.55. The van der Waals surface area contributed by atoms with Gasteiger partial charge in [-0.2, -0.15) is 0 Å². The molecule has 0 saturated carbocycles. The van der Waals surface area contributed by atoms with Gasteiger partial charge in [0, 0.05) is 18.0 Å². The number of carbonyl (C=O) groups excluding carboxylic acids is 1. The molecule has 1 unspecified atom stereocenters. The summed E-state index contributed by atoms with van der Waals surface area (Å²) >= 11 is 0. The summed E-state index contributed by atoms with van der Waals surface area (Å²) in [6.45, 7) is 3.63. The van der Waals surface area contributed by atoms with Crippen LogP contribution < -0.4 is 4.90 Å². The van der Waals surface area contributed by atoms with Gasteiger partial charge in [0.15, 0.2) is 0 Å². The molecule has 0 bridgehead atoms. The zero-order valence-electron chi connectivity index (χ0n) is 12.1. The molecule has 1 fully saturated rings. The van der Waals surface area contributed by atoms with Crippen molar-refractivity contribution in [3.8, 4) is 0 Å². The van der Waals surface area contributed by atoms with Crippen molar-refractivity contribution in [3.63, 3.8) is 0 Å². The van der Waals surface area contributed by atoms with Crippen LogP contribution in [0.15, 0.2) is 36.7 Å². The smallest absolute Gasteiger partial charge is 0.232 e. The van der Waals surface area contributed by atoms with Crippen molar-refractivity contribution in [2.75, 3.05) is 18.1 Å². The third kappa shape index (κ3) is 2.97. The van der Waals surface area contributed by atoms with Crippen LogP contribution in [0.3, 0.4) is 0 Å². The van der Waals surface area contributed by atoms with Crippen LogP contribution >= 0.6 is 0 Å². The monoisotopic (exact) mass is 285 g/mol. The molecule has 1 atom stereocenters. The van der Waals surface area contributed by atoms with E-state index in [9.17, 15) is 4.79 Å². The second kappa shape index (κ2) is 6.10. The van der Waals surface area contributed by atoms with E-state index < -0.39 is 0 Å². The number of imidazole rings is 1. The summed E-state index contributed by atoms with van der Waals surface area (Å²) in [5, 5.41) is 0. The average Bonchev–Trinajstić information content (AvgIpc) is 3.17. The van der Waals surface area contributed by atoms with Crippen LogP contribution in [0.25, 0.3) is 0 Å². The number of aryl methyl sites for hydroxylation is 1. The highest BCUT2D eigenvalue weighted by Gasteiger charge is 2.29. The quantitative estimate of drug-likeness (QED) is 0.937. The lowest BCUT2D eigenvalue weighted by Gasteiger charge is -2.25. The first-order chi connectivity index (χ1) is 10.3. The second-order valence-electron chi connectivity index (χ2n) is 5.29. The molecule has 0 spiro atoms. The number of rotatable bonds is 4. The summed E-state index contributed by atoms with van der Waals surface area (Å²) in [7, 11) is 0. The van der Waals surface area contributed by atoms with Crippen molar-refractivity contribution in [2.24, 2.45) is 5.92 Å². The highest BCUT2D eigenvalue weighted by Crippen LogP contribution is 2.23. The van der Waals surface area contributed by atoms with Crippen molar-refractivity contribution in [3.05, 3.63) is 48.0 Å². The Kier molecular flexibility index (Phi) is 4.01. The maximum absolute atomic E-state index is 12.8. The number of hydrogen-bond acceptors (Lipinski definition) is 3. The van der Waals surface area contributed by atoms with E-state index in [1.807, 2.05) is 42.2 Å². The van der Waals surface area contributed by atoms with Gasteiger partial charge in [-0.1, -0.05) is 18.2 Å². The Labute approximate surface area is 124 Å². The van der Waals surface area contributed by atoms with E-state index in [2.05, 4.69) is 9.97 Å². The summed E-state index contributed by atoms with van der Waals surface area (Å²) < 4.78 is 5.35. The Morgan fingerprint density at radius 2 is 2.24 bits per heavy atom. The minimum Gasteiger partial charge on any atom is -0.381 e. The molecule has 2 heterocycles. The van der Waals surface area contributed by atoms with E-state index in [-0.39, 0.29) is 11.8 Å². The minimum atomic E-state index is -0.0514. The molecule has 1 saturated heterocycles. The number of para-hydroxylation sites is 1. The molecule has 5 heteroatoms. The SMILES string of the molecule is Cc1[nH]cnc1CN(C(=O)C1CCOC1)c1ccccc1. The molecule has 1 N–H and O–H groups in total. The number of nitrogens with one attached hydrogen (secondary N) is 1. The van der Waals surface area contributed by atoms with Gasteiger partial charge in [-0.3, -0.25) is 4.79 Å². The first-order valence-electron chi connectivity index (χ1n) is 7.18. The number of aromatic nitrogens is 2. The predicted octanol–water partition coefficient (Wildman–Crippen LogP) is 2.29. The first-order valence-corrected chi connectivity index (χ1v) is 7.18. The molecule has 5 nitrogen and oxygen atoms in total. The van der Waals surface area contributed by atoms with Gasteiger partial charge in [-0.15, -0.1) is 0 Å². The molecular weight excluding hydrogens is 266 g/mol. The van der Waals surface area contributed by atoms with Gasteiger partial charge in [0.1, 0.15) is 0 Å². The van der Waals surface area contributed by atoms with Gasteiger partial charge in [0.25, 0.3) is 0 Å². The molecule has 1 aromatic heterocycles. The van der Waals surface area contributed by atoms with E-state index in [1.54, 1.807) is 6.33 Å². The Morgan fingerprint density at radius 3 is 2.86 bits per heavy atom. The maximum atomic E-state index is 12.8. The molecule has 2 aromatic rings. The van der Waals surface area contributed by atoms with Crippen LogP contribution in [0.4, 0.5) is 5.69 Å². The minimum absolute atomic E-state index is 0.0514. The third-order valence-electron chi connectivity index (χ3n) is 3.86. The lowest BCUT2D eigenvalue weighted by molar-refractivity contribution is -0.122. The largest absolute Gasteiger partial charge is 0.381 e. The Bertz CT molecular complexity index is 603. The third-order valence-corrected chi connectivity index (χ3v) is 3.86. The van der Waals surface area contributed by atoms with Gasteiger partial charge in [0.05, 0.1) is 31.1 Å². The molecule has 3 rings (SSSR count). The van der Waals surface area contributed by atoms with Crippen molar-refractivity contribution in [1.82, 2.24) is 9.97 Å². The highest BCUT2D eigenvalue weighted by molar-refractivity contribution is 5.95. The number of nitrogens with zero attached hydrogens (tertiary/aromatic N) is 2. The fourth-order valence-electron chi connectivity index (χ4n) is 2.55. The zero-order valence-corrected chi connectivity index (χ0v) is 12.1. The Hall–Kier alpha value is -2.14. The fraction of sp³-hybridized carbons (Fsp3) is 0.375. The van der Waals surface area contributed by atoms with Gasteiger partial charge >= 0.3 is 0 Å². The van der Waals surface area contributed by atoms with Gasteiger partial charge in [0.2, 0.25) is 5.91 Å². The summed E-state index contributed by atoms with van der Waals surface area (Å²) in [6, 6.07) is 9.74. The topological polar surface area (TPSA) is 58.2 Å². The molecular formula is C16H19N3O2. The molecule has 1 aromatic carbocycles. The van der Waals surface area contributed by atoms with Gasteiger partial charge in [-0.05, 0) is 25.5 Å². The van der Waals surface area contributed by atoms with Crippen molar-refractivity contribution < 1.29 is 9.53 Å². The number of aromatic amines is 1. The maximum Gasteiger partial charge on any atom is 0.232 e. The summed E-state index contributed by atoms with van der Waals surface area (Å²) in [5.41, 5.74) is 2.79. The van der Waals surface area contributed by atoms with E-state index in [0.717, 1.165) is 23.5 Å². The Balaban J connectivity index is 1.87. The molecule has 110 valence electrons. The van der Waals surface area contributed by atoms with Crippen molar-refractivity contribution in [1.29, 1.82) is 0 Å². The molecule has 0 aliphatic carbocycles. The summed E-state index contributed by atoms with van der Waals surface area (Å²) in [4.78, 5) is 22.0. The standard InChI is InChI=1S/C16H19N3O2/c1-12-15(18-11-17-12)9-19(14-5-3-2-4-6-14)16(20)13-7-8-21-10-13/h2-6,11,13H,7-10H2,1H3,(H,17,18). The van der Waals surface area contributed by atoms with E-state index in [1.165, 1.54) is 0 Å². The van der Waals surface area contributed by atoms with Crippen LogP contribution in [0, 0.1) is 12.8 Å². The number of anilines is 1. The van der Waals surface area contributed by atoms with Crippen LogP contribution in [0.2, 0.25) is 0 Å². The molecule has 21 heavy (non-hydrogen) atoms. The van der Waals surface area contributed by atoms with Gasteiger partial charge in [-0.25, -0.2) is 4.98 Å². The summed E-state index contributed by atoms with van der Waals surface area (Å²) in [5.74, 6) is 0.0607.